The molecule has 2 N–H and O–H groups in total. The zero-order valence-corrected chi connectivity index (χ0v) is 11.2. The van der Waals surface area contributed by atoms with Crippen LogP contribution in [0.4, 0.5) is 5.82 Å². The number of hydrogen-bond acceptors (Lipinski definition) is 5. The summed E-state index contributed by atoms with van der Waals surface area (Å²) in [5.41, 5.74) is 7.35. The summed E-state index contributed by atoms with van der Waals surface area (Å²) in [6.45, 7) is 0. The van der Waals surface area contributed by atoms with Crippen LogP contribution in [-0.4, -0.2) is 15.1 Å². The van der Waals surface area contributed by atoms with Crippen molar-refractivity contribution in [1.82, 2.24) is 15.1 Å². The number of hydrogen-bond donors (Lipinski definition) is 1. The Morgan fingerprint density at radius 1 is 1.10 bits per heavy atom. The summed E-state index contributed by atoms with van der Waals surface area (Å²) >= 11 is 5.84. The number of rotatable bonds is 3. The molecule has 0 bridgehead atoms. The molecule has 0 saturated heterocycles. The summed E-state index contributed by atoms with van der Waals surface area (Å²) in [5.74, 6) is 1.50. The Labute approximate surface area is 120 Å². The Kier molecular flexibility index (Phi) is 3.35. The van der Waals surface area contributed by atoms with Gasteiger partial charge in [-0.1, -0.05) is 28.9 Å². The lowest BCUT2D eigenvalue weighted by Gasteiger charge is -1.96. The molecule has 0 aliphatic carbocycles. The minimum atomic E-state index is 0.432. The van der Waals surface area contributed by atoms with E-state index in [9.17, 15) is 0 Å². The second-order valence-corrected chi connectivity index (χ2v) is 4.73. The molecule has 5 nitrogen and oxygen atoms in total. The highest BCUT2D eigenvalue weighted by atomic mass is 35.5. The fourth-order valence-electron chi connectivity index (χ4n) is 1.76. The van der Waals surface area contributed by atoms with Crippen molar-refractivity contribution in [2.24, 2.45) is 0 Å². The van der Waals surface area contributed by atoms with Crippen LogP contribution in [0.25, 0.3) is 11.5 Å². The molecule has 0 unspecified atom stereocenters. The first-order valence-electron chi connectivity index (χ1n) is 5.99. The molecule has 0 amide bonds. The van der Waals surface area contributed by atoms with Gasteiger partial charge in [0.05, 0.1) is 5.56 Å². The third-order valence-electron chi connectivity index (χ3n) is 2.78. The number of nitrogen functional groups attached to an aromatic ring is 1. The zero-order chi connectivity index (χ0) is 13.9. The minimum absolute atomic E-state index is 0.432. The normalized spacial score (nSPS) is 10.7. The molecular formula is C14H11ClN4O. The van der Waals surface area contributed by atoms with Crippen molar-refractivity contribution in [3.63, 3.8) is 0 Å². The van der Waals surface area contributed by atoms with Gasteiger partial charge in [0.25, 0.3) is 5.89 Å². The predicted molar refractivity (Wildman–Crippen MR) is 76.2 cm³/mol. The average Bonchev–Trinajstić information content (AvgIpc) is 2.91. The molecule has 2 heterocycles. The van der Waals surface area contributed by atoms with Gasteiger partial charge in [-0.3, -0.25) is 0 Å². The highest BCUT2D eigenvalue weighted by Crippen LogP contribution is 2.18. The van der Waals surface area contributed by atoms with E-state index in [0.717, 1.165) is 11.1 Å². The van der Waals surface area contributed by atoms with Crippen molar-refractivity contribution in [2.75, 3.05) is 5.73 Å². The van der Waals surface area contributed by atoms with Crippen molar-refractivity contribution in [3.05, 3.63) is 59.0 Å². The van der Waals surface area contributed by atoms with Crippen LogP contribution < -0.4 is 5.73 Å². The SMILES string of the molecule is Nc1ccc(-c2nc(Cc3ccc(Cl)cc3)no2)cn1. The monoisotopic (exact) mass is 286 g/mol. The highest BCUT2D eigenvalue weighted by Gasteiger charge is 2.09. The van der Waals surface area contributed by atoms with Crippen molar-refractivity contribution >= 4 is 17.4 Å². The third kappa shape index (κ3) is 2.78. The fourth-order valence-corrected chi connectivity index (χ4v) is 1.89. The maximum atomic E-state index is 5.84. The molecule has 1 aromatic carbocycles. The predicted octanol–water partition coefficient (Wildman–Crippen LogP) is 2.96. The van der Waals surface area contributed by atoms with E-state index in [1.807, 2.05) is 24.3 Å². The lowest BCUT2D eigenvalue weighted by atomic mass is 10.1. The number of halogens is 1. The quantitative estimate of drug-likeness (QED) is 0.801. The molecule has 0 spiro atoms. The smallest absolute Gasteiger partial charge is 0.259 e. The Hall–Kier alpha value is -2.40. The molecule has 0 atom stereocenters. The second kappa shape index (κ2) is 5.30. The largest absolute Gasteiger partial charge is 0.384 e. The van der Waals surface area contributed by atoms with Gasteiger partial charge >= 0.3 is 0 Å². The van der Waals surface area contributed by atoms with Gasteiger partial charge in [0, 0.05) is 17.6 Å². The molecule has 2 aromatic heterocycles. The molecule has 0 aliphatic rings. The molecule has 0 radical (unpaired) electrons. The summed E-state index contributed by atoms with van der Waals surface area (Å²) in [4.78, 5) is 8.33. The van der Waals surface area contributed by atoms with Gasteiger partial charge in [0.15, 0.2) is 5.82 Å². The van der Waals surface area contributed by atoms with Crippen molar-refractivity contribution < 1.29 is 4.52 Å². The van der Waals surface area contributed by atoms with Crippen LogP contribution in [0.15, 0.2) is 47.1 Å². The lowest BCUT2D eigenvalue weighted by molar-refractivity contribution is 0.424. The number of benzene rings is 1. The lowest BCUT2D eigenvalue weighted by Crippen LogP contribution is -1.91. The summed E-state index contributed by atoms with van der Waals surface area (Å²) in [6, 6.07) is 11.0. The third-order valence-corrected chi connectivity index (χ3v) is 3.03. The van der Waals surface area contributed by atoms with Crippen LogP contribution in [0, 0.1) is 0 Å². The molecule has 20 heavy (non-hydrogen) atoms. The van der Waals surface area contributed by atoms with E-state index in [1.54, 1.807) is 18.3 Å². The highest BCUT2D eigenvalue weighted by molar-refractivity contribution is 6.30. The van der Waals surface area contributed by atoms with E-state index in [2.05, 4.69) is 15.1 Å². The van der Waals surface area contributed by atoms with Crippen LogP contribution in [-0.2, 0) is 6.42 Å². The molecular weight excluding hydrogens is 276 g/mol. The van der Waals surface area contributed by atoms with Crippen LogP contribution in [0.1, 0.15) is 11.4 Å². The summed E-state index contributed by atoms with van der Waals surface area (Å²) in [6.07, 6.45) is 2.19. The molecule has 0 fully saturated rings. The van der Waals surface area contributed by atoms with Crippen molar-refractivity contribution in [1.29, 1.82) is 0 Å². The van der Waals surface area contributed by atoms with Gasteiger partial charge in [-0.25, -0.2) is 4.98 Å². The zero-order valence-electron chi connectivity index (χ0n) is 10.5. The van der Waals surface area contributed by atoms with Gasteiger partial charge in [0.1, 0.15) is 5.82 Å². The number of nitrogens with two attached hydrogens (primary N) is 1. The fraction of sp³-hybridized carbons (Fsp3) is 0.0714. The first kappa shape index (κ1) is 12.6. The van der Waals surface area contributed by atoms with Crippen molar-refractivity contribution in [2.45, 2.75) is 6.42 Å². The van der Waals surface area contributed by atoms with Gasteiger partial charge < -0.3 is 10.3 Å². The summed E-state index contributed by atoms with van der Waals surface area (Å²) in [5, 5.41) is 4.66. The maximum absolute atomic E-state index is 5.84. The summed E-state index contributed by atoms with van der Waals surface area (Å²) < 4.78 is 5.22. The van der Waals surface area contributed by atoms with Crippen molar-refractivity contribution in [3.8, 4) is 11.5 Å². The van der Waals surface area contributed by atoms with E-state index >= 15 is 0 Å². The number of pyridine rings is 1. The first-order chi connectivity index (χ1) is 9.70. The number of anilines is 1. The minimum Gasteiger partial charge on any atom is -0.384 e. The first-order valence-corrected chi connectivity index (χ1v) is 6.37. The Morgan fingerprint density at radius 3 is 2.60 bits per heavy atom. The molecule has 0 saturated carbocycles. The van der Waals surface area contributed by atoms with E-state index in [1.165, 1.54) is 0 Å². The van der Waals surface area contributed by atoms with E-state index in [0.29, 0.717) is 29.0 Å². The van der Waals surface area contributed by atoms with Gasteiger partial charge in [-0.2, -0.15) is 4.98 Å². The van der Waals surface area contributed by atoms with Gasteiger partial charge in [-0.05, 0) is 29.8 Å². The number of aromatic nitrogens is 3. The standard InChI is InChI=1S/C14H11ClN4O/c15-11-4-1-9(2-5-11)7-13-18-14(20-19-13)10-3-6-12(16)17-8-10/h1-6,8H,7H2,(H2,16,17). The molecule has 3 rings (SSSR count). The van der Waals surface area contributed by atoms with Crippen LogP contribution in [0.5, 0.6) is 0 Å². The molecule has 0 aliphatic heterocycles. The number of nitrogens with zero attached hydrogens (tertiary/aromatic N) is 3. The van der Waals surface area contributed by atoms with Gasteiger partial charge in [0.2, 0.25) is 0 Å². The van der Waals surface area contributed by atoms with E-state index in [-0.39, 0.29) is 0 Å². The Balaban J connectivity index is 1.80. The second-order valence-electron chi connectivity index (χ2n) is 4.29. The van der Waals surface area contributed by atoms with Gasteiger partial charge in [-0.15, -0.1) is 0 Å². The van der Waals surface area contributed by atoms with Crippen LogP contribution in [0.2, 0.25) is 5.02 Å². The van der Waals surface area contributed by atoms with E-state index < -0.39 is 0 Å². The van der Waals surface area contributed by atoms with Crippen LogP contribution >= 0.6 is 11.6 Å². The van der Waals surface area contributed by atoms with E-state index in [4.69, 9.17) is 21.9 Å². The molecule has 100 valence electrons. The molecule has 6 heteroatoms. The topological polar surface area (TPSA) is 77.8 Å². The summed E-state index contributed by atoms with van der Waals surface area (Å²) in [7, 11) is 0. The Bertz CT molecular complexity index is 707. The Morgan fingerprint density at radius 2 is 1.90 bits per heavy atom. The average molecular weight is 287 g/mol. The maximum Gasteiger partial charge on any atom is 0.259 e. The molecule has 3 aromatic rings. The van der Waals surface area contributed by atoms with Crippen LogP contribution in [0.3, 0.4) is 0 Å².